The van der Waals surface area contributed by atoms with Crippen LogP contribution in [0.25, 0.3) is 0 Å². The lowest BCUT2D eigenvalue weighted by molar-refractivity contribution is 0.475. The molecule has 0 radical (unpaired) electrons. The molecule has 0 heterocycles. The molecular formula is C15H18N2O. The summed E-state index contributed by atoms with van der Waals surface area (Å²) in [6.07, 6.45) is 0. The molecule has 0 saturated carbocycles. The number of nitrogens with two attached hydrogens (primary N) is 1. The van der Waals surface area contributed by atoms with Gasteiger partial charge in [0.1, 0.15) is 5.75 Å². The van der Waals surface area contributed by atoms with E-state index in [4.69, 9.17) is 5.73 Å². The van der Waals surface area contributed by atoms with Crippen LogP contribution in [-0.4, -0.2) is 11.7 Å². The third-order valence-electron chi connectivity index (χ3n) is 2.94. The minimum atomic E-state index is 0.282. The molecule has 0 saturated heterocycles. The third-order valence-corrected chi connectivity index (χ3v) is 2.94. The Bertz CT molecular complexity index is 508. The molecule has 0 unspecified atom stereocenters. The zero-order valence-electron chi connectivity index (χ0n) is 10.5. The van der Waals surface area contributed by atoms with E-state index < -0.39 is 0 Å². The Hall–Kier alpha value is -2.00. The van der Waals surface area contributed by atoms with Crippen molar-refractivity contribution in [1.29, 1.82) is 0 Å². The molecule has 0 fully saturated rings. The van der Waals surface area contributed by atoms with Gasteiger partial charge in [-0.1, -0.05) is 18.2 Å². The zero-order valence-corrected chi connectivity index (χ0v) is 10.5. The number of benzene rings is 2. The summed E-state index contributed by atoms with van der Waals surface area (Å²) >= 11 is 0. The van der Waals surface area contributed by atoms with E-state index in [0.717, 1.165) is 23.5 Å². The predicted molar refractivity (Wildman–Crippen MR) is 75.1 cm³/mol. The molecule has 0 amide bonds. The second-order valence-corrected chi connectivity index (χ2v) is 4.13. The van der Waals surface area contributed by atoms with Gasteiger partial charge in [0.05, 0.1) is 0 Å². The molecule has 0 aliphatic carbocycles. The van der Waals surface area contributed by atoms with E-state index in [2.05, 4.69) is 24.0 Å². The lowest BCUT2D eigenvalue weighted by atomic mass is 10.1. The number of phenols is 1. The normalized spacial score (nSPS) is 10.3. The number of rotatable bonds is 4. The van der Waals surface area contributed by atoms with E-state index >= 15 is 0 Å². The summed E-state index contributed by atoms with van der Waals surface area (Å²) in [6, 6.07) is 15.4. The number of hydrogen-bond acceptors (Lipinski definition) is 3. The second-order valence-electron chi connectivity index (χ2n) is 4.13. The van der Waals surface area contributed by atoms with E-state index in [0.29, 0.717) is 6.54 Å². The topological polar surface area (TPSA) is 49.5 Å². The van der Waals surface area contributed by atoms with Crippen LogP contribution in [0.15, 0.2) is 48.5 Å². The van der Waals surface area contributed by atoms with Crippen LogP contribution in [0.2, 0.25) is 0 Å². The number of hydrogen-bond donors (Lipinski definition) is 2. The molecule has 18 heavy (non-hydrogen) atoms. The SMILES string of the molecule is CCN(c1ccc(CN)cc1)c1cccc(O)c1. The quantitative estimate of drug-likeness (QED) is 0.866. The Morgan fingerprint density at radius 3 is 2.33 bits per heavy atom. The minimum absolute atomic E-state index is 0.282. The van der Waals surface area contributed by atoms with Crippen molar-refractivity contribution in [2.24, 2.45) is 5.73 Å². The van der Waals surface area contributed by atoms with Crippen molar-refractivity contribution in [3.8, 4) is 5.75 Å². The molecular weight excluding hydrogens is 224 g/mol. The van der Waals surface area contributed by atoms with E-state index in [1.54, 1.807) is 12.1 Å². The molecule has 0 atom stereocenters. The summed E-state index contributed by atoms with van der Waals surface area (Å²) in [5, 5.41) is 9.54. The lowest BCUT2D eigenvalue weighted by Gasteiger charge is -2.23. The van der Waals surface area contributed by atoms with Crippen molar-refractivity contribution in [2.45, 2.75) is 13.5 Å². The molecule has 94 valence electrons. The predicted octanol–water partition coefficient (Wildman–Crippen LogP) is 3.01. The van der Waals surface area contributed by atoms with Crippen molar-refractivity contribution in [3.05, 3.63) is 54.1 Å². The first kappa shape index (κ1) is 12.5. The minimum Gasteiger partial charge on any atom is -0.508 e. The van der Waals surface area contributed by atoms with Crippen LogP contribution in [0, 0.1) is 0 Å². The molecule has 2 aromatic carbocycles. The summed E-state index contributed by atoms with van der Waals surface area (Å²) in [4.78, 5) is 2.14. The Morgan fingerprint density at radius 2 is 1.78 bits per heavy atom. The summed E-state index contributed by atoms with van der Waals surface area (Å²) in [7, 11) is 0. The van der Waals surface area contributed by atoms with Gasteiger partial charge in [0.2, 0.25) is 0 Å². The largest absolute Gasteiger partial charge is 0.508 e. The third kappa shape index (κ3) is 2.63. The molecule has 0 aliphatic rings. The first-order valence-corrected chi connectivity index (χ1v) is 6.10. The highest BCUT2D eigenvalue weighted by atomic mass is 16.3. The molecule has 0 aromatic heterocycles. The summed E-state index contributed by atoms with van der Waals surface area (Å²) in [5.74, 6) is 0.282. The molecule has 2 aromatic rings. The molecule has 3 N–H and O–H groups in total. The highest BCUT2D eigenvalue weighted by molar-refractivity contribution is 5.64. The number of anilines is 2. The van der Waals surface area contributed by atoms with Gasteiger partial charge in [-0.3, -0.25) is 0 Å². The van der Waals surface area contributed by atoms with E-state index in [9.17, 15) is 5.11 Å². The average Bonchev–Trinajstić information content (AvgIpc) is 2.40. The van der Waals surface area contributed by atoms with Gasteiger partial charge < -0.3 is 15.7 Å². The van der Waals surface area contributed by atoms with Crippen molar-refractivity contribution in [1.82, 2.24) is 0 Å². The smallest absolute Gasteiger partial charge is 0.117 e. The van der Waals surface area contributed by atoms with Crippen molar-refractivity contribution in [2.75, 3.05) is 11.4 Å². The number of aromatic hydroxyl groups is 1. The van der Waals surface area contributed by atoms with Crippen LogP contribution in [-0.2, 0) is 6.54 Å². The van der Waals surface area contributed by atoms with Gasteiger partial charge in [0.15, 0.2) is 0 Å². The van der Waals surface area contributed by atoms with Gasteiger partial charge in [0.25, 0.3) is 0 Å². The molecule has 2 rings (SSSR count). The van der Waals surface area contributed by atoms with Gasteiger partial charge in [0, 0.05) is 30.5 Å². The van der Waals surface area contributed by atoms with Gasteiger partial charge in [-0.25, -0.2) is 0 Å². The Kier molecular flexibility index (Phi) is 3.85. The maximum atomic E-state index is 9.54. The summed E-state index contributed by atoms with van der Waals surface area (Å²) < 4.78 is 0. The Labute approximate surface area is 107 Å². The Balaban J connectivity index is 2.32. The van der Waals surface area contributed by atoms with Crippen LogP contribution in [0.5, 0.6) is 5.75 Å². The Morgan fingerprint density at radius 1 is 1.06 bits per heavy atom. The average molecular weight is 242 g/mol. The fourth-order valence-corrected chi connectivity index (χ4v) is 1.99. The van der Waals surface area contributed by atoms with Crippen LogP contribution >= 0.6 is 0 Å². The van der Waals surface area contributed by atoms with Gasteiger partial charge >= 0.3 is 0 Å². The highest BCUT2D eigenvalue weighted by Gasteiger charge is 2.07. The van der Waals surface area contributed by atoms with Crippen LogP contribution in [0.1, 0.15) is 12.5 Å². The van der Waals surface area contributed by atoms with Gasteiger partial charge in [-0.2, -0.15) is 0 Å². The second kappa shape index (κ2) is 5.56. The fourth-order valence-electron chi connectivity index (χ4n) is 1.99. The van der Waals surface area contributed by atoms with E-state index in [1.165, 1.54) is 0 Å². The van der Waals surface area contributed by atoms with Crippen molar-refractivity contribution < 1.29 is 5.11 Å². The van der Waals surface area contributed by atoms with E-state index in [-0.39, 0.29) is 5.75 Å². The standard InChI is InChI=1S/C15H18N2O/c1-2-17(14-4-3-5-15(18)10-14)13-8-6-12(11-16)7-9-13/h3-10,18H,2,11,16H2,1H3. The molecule has 3 heteroatoms. The summed E-state index contributed by atoms with van der Waals surface area (Å²) in [5.41, 5.74) is 8.79. The maximum absolute atomic E-state index is 9.54. The summed E-state index contributed by atoms with van der Waals surface area (Å²) in [6.45, 7) is 3.48. The first-order chi connectivity index (χ1) is 8.74. The number of phenolic OH excluding ortho intramolecular Hbond substituents is 1. The number of nitrogens with zero attached hydrogens (tertiary/aromatic N) is 1. The maximum Gasteiger partial charge on any atom is 0.117 e. The van der Waals surface area contributed by atoms with Crippen molar-refractivity contribution in [3.63, 3.8) is 0 Å². The monoisotopic (exact) mass is 242 g/mol. The molecule has 0 spiro atoms. The molecule has 0 bridgehead atoms. The van der Waals surface area contributed by atoms with Gasteiger partial charge in [-0.05, 0) is 36.8 Å². The van der Waals surface area contributed by atoms with Crippen LogP contribution in [0.3, 0.4) is 0 Å². The lowest BCUT2D eigenvalue weighted by Crippen LogP contribution is -2.15. The highest BCUT2D eigenvalue weighted by Crippen LogP contribution is 2.27. The van der Waals surface area contributed by atoms with Gasteiger partial charge in [-0.15, -0.1) is 0 Å². The first-order valence-electron chi connectivity index (χ1n) is 6.10. The van der Waals surface area contributed by atoms with Crippen LogP contribution < -0.4 is 10.6 Å². The molecule has 3 nitrogen and oxygen atoms in total. The van der Waals surface area contributed by atoms with Crippen molar-refractivity contribution >= 4 is 11.4 Å². The zero-order chi connectivity index (χ0) is 13.0. The fraction of sp³-hybridized carbons (Fsp3) is 0.200. The van der Waals surface area contributed by atoms with Crippen LogP contribution in [0.4, 0.5) is 11.4 Å². The molecule has 0 aliphatic heterocycles. The van der Waals surface area contributed by atoms with E-state index in [1.807, 2.05) is 24.3 Å².